The van der Waals surface area contributed by atoms with Crippen LogP contribution in [0.1, 0.15) is 13.3 Å². The van der Waals surface area contributed by atoms with E-state index in [1.807, 2.05) is 42.5 Å². The molecule has 0 radical (unpaired) electrons. The van der Waals surface area contributed by atoms with E-state index >= 15 is 0 Å². The average molecular weight is 389 g/mol. The van der Waals surface area contributed by atoms with Crippen LogP contribution in [0, 0.1) is 5.82 Å². The maximum atomic E-state index is 13.8. The Kier molecular flexibility index (Phi) is 5.46. The van der Waals surface area contributed by atoms with Crippen molar-refractivity contribution in [2.75, 3.05) is 6.61 Å². The first-order chi connectivity index (χ1) is 14.1. The lowest BCUT2D eigenvalue weighted by Crippen LogP contribution is -2.24. The lowest BCUT2D eigenvalue weighted by molar-refractivity contribution is 0.343. The van der Waals surface area contributed by atoms with Gasteiger partial charge in [0, 0.05) is 12.1 Å². The summed E-state index contributed by atoms with van der Waals surface area (Å²) in [5, 5.41) is 3.40. The Morgan fingerprint density at radius 3 is 2.76 bits per heavy atom. The molecule has 0 bridgehead atoms. The van der Waals surface area contributed by atoms with Gasteiger partial charge in [0.15, 0.2) is 0 Å². The van der Waals surface area contributed by atoms with Crippen molar-refractivity contribution in [3.63, 3.8) is 0 Å². The SMILES string of the molecule is CC1=C(F)CC=CC(/C2=C/C=C3/C=C(COc4ccc(F)cc4)NC3C=C=C2)=C1. The molecule has 3 aliphatic rings. The van der Waals surface area contributed by atoms with Gasteiger partial charge in [0.2, 0.25) is 0 Å². The smallest absolute Gasteiger partial charge is 0.128 e. The molecule has 0 saturated carbocycles. The molecule has 2 aliphatic carbocycles. The maximum Gasteiger partial charge on any atom is 0.128 e. The number of ether oxygens (including phenoxy) is 1. The fourth-order valence-electron chi connectivity index (χ4n) is 3.32. The molecule has 0 saturated heterocycles. The molecular formula is C25H21F2NO. The third kappa shape index (κ3) is 4.56. The van der Waals surface area contributed by atoms with Crippen LogP contribution in [0.2, 0.25) is 0 Å². The summed E-state index contributed by atoms with van der Waals surface area (Å²) in [6.45, 7) is 2.15. The van der Waals surface area contributed by atoms with Crippen LogP contribution < -0.4 is 10.1 Å². The van der Waals surface area contributed by atoms with E-state index in [2.05, 4.69) is 17.1 Å². The Bertz CT molecular complexity index is 1060. The van der Waals surface area contributed by atoms with Crippen LogP contribution in [0.5, 0.6) is 5.75 Å². The van der Waals surface area contributed by atoms with Crippen molar-refractivity contribution < 1.29 is 13.5 Å². The predicted molar refractivity (Wildman–Crippen MR) is 111 cm³/mol. The first-order valence-electron chi connectivity index (χ1n) is 9.52. The molecule has 0 amide bonds. The van der Waals surface area contributed by atoms with Gasteiger partial charge in [-0.2, -0.15) is 0 Å². The zero-order valence-electron chi connectivity index (χ0n) is 16.1. The largest absolute Gasteiger partial charge is 0.487 e. The second-order valence-corrected chi connectivity index (χ2v) is 7.09. The first-order valence-corrected chi connectivity index (χ1v) is 9.52. The number of hydrogen-bond acceptors (Lipinski definition) is 2. The van der Waals surface area contributed by atoms with Crippen molar-refractivity contribution in [2.45, 2.75) is 19.4 Å². The van der Waals surface area contributed by atoms with Crippen LogP contribution in [0.25, 0.3) is 0 Å². The second kappa shape index (κ2) is 8.34. The minimum atomic E-state index is -0.286. The van der Waals surface area contributed by atoms with Crippen LogP contribution in [0.15, 0.2) is 112 Å². The molecule has 4 rings (SSSR count). The summed E-state index contributed by atoms with van der Waals surface area (Å²) in [5.41, 5.74) is 7.85. The molecule has 1 N–H and O–H groups in total. The number of fused-ring (bicyclic) bond motifs is 1. The summed E-state index contributed by atoms with van der Waals surface area (Å²) in [6.07, 6.45) is 16.0. The van der Waals surface area contributed by atoms with Gasteiger partial charge in [0.25, 0.3) is 0 Å². The standard InChI is InChI=1S/C25H21F2NO/c1-17-14-19(5-2-6-24(17)27)18-4-3-7-25-20(9-8-18)15-22(28-25)16-29-23-12-10-21(26)11-13-23/h2,4-5,7-15,25,28H,6,16H2,1H3/b18-8+,20-9-. The number of halogens is 2. The maximum absolute atomic E-state index is 13.8. The minimum absolute atomic E-state index is 0.0219. The van der Waals surface area contributed by atoms with Gasteiger partial charge in [-0.25, -0.2) is 8.78 Å². The molecule has 1 aromatic rings. The van der Waals surface area contributed by atoms with E-state index < -0.39 is 0 Å². The topological polar surface area (TPSA) is 21.3 Å². The van der Waals surface area contributed by atoms with Crippen LogP contribution in [0.4, 0.5) is 8.78 Å². The third-order valence-electron chi connectivity index (χ3n) is 4.93. The van der Waals surface area contributed by atoms with Crippen LogP contribution in [0.3, 0.4) is 0 Å². The van der Waals surface area contributed by atoms with Gasteiger partial charge in [-0.15, -0.1) is 5.73 Å². The van der Waals surface area contributed by atoms with Crippen molar-refractivity contribution in [1.29, 1.82) is 0 Å². The lowest BCUT2D eigenvalue weighted by atomic mass is 9.99. The van der Waals surface area contributed by atoms with Gasteiger partial charge in [0.1, 0.15) is 24.0 Å². The van der Waals surface area contributed by atoms with Crippen molar-refractivity contribution in [3.05, 3.63) is 118 Å². The van der Waals surface area contributed by atoms with E-state index in [4.69, 9.17) is 4.74 Å². The van der Waals surface area contributed by atoms with Crippen molar-refractivity contribution in [3.8, 4) is 5.75 Å². The number of rotatable bonds is 4. The van der Waals surface area contributed by atoms with Crippen molar-refractivity contribution >= 4 is 0 Å². The molecule has 1 aromatic carbocycles. The van der Waals surface area contributed by atoms with Crippen molar-refractivity contribution in [2.24, 2.45) is 0 Å². The Labute approximate surface area is 169 Å². The summed E-state index contributed by atoms with van der Waals surface area (Å²) in [6, 6.07) is 5.99. The fourth-order valence-corrected chi connectivity index (χ4v) is 3.32. The normalized spacial score (nSPS) is 24.2. The highest BCUT2D eigenvalue weighted by Gasteiger charge is 2.19. The summed E-state index contributed by atoms with van der Waals surface area (Å²) >= 11 is 0. The second-order valence-electron chi connectivity index (χ2n) is 7.09. The van der Waals surface area contributed by atoms with Gasteiger partial charge in [-0.3, -0.25) is 0 Å². The molecule has 1 unspecified atom stereocenters. The molecule has 146 valence electrons. The van der Waals surface area contributed by atoms with E-state index in [0.717, 1.165) is 22.4 Å². The number of nitrogens with one attached hydrogen (secondary N) is 1. The number of benzene rings is 1. The zero-order valence-corrected chi connectivity index (χ0v) is 16.1. The Morgan fingerprint density at radius 1 is 1.10 bits per heavy atom. The number of hydrogen-bond donors (Lipinski definition) is 1. The molecular weight excluding hydrogens is 368 g/mol. The summed E-state index contributed by atoms with van der Waals surface area (Å²) in [4.78, 5) is 0. The highest BCUT2D eigenvalue weighted by atomic mass is 19.1. The molecule has 1 atom stereocenters. The monoisotopic (exact) mass is 389 g/mol. The molecule has 1 aliphatic heterocycles. The zero-order chi connectivity index (χ0) is 20.2. The van der Waals surface area contributed by atoms with Crippen molar-refractivity contribution in [1.82, 2.24) is 5.32 Å². The average Bonchev–Trinajstić information content (AvgIpc) is 2.99. The van der Waals surface area contributed by atoms with E-state index in [0.29, 0.717) is 24.4 Å². The minimum Gasteiger partial charge on any atom is -0.487 e. The molecule has 4 heteroatoms. The molecule has 0 fully saturated rings. The highest BCUT2D eigenvalue weighted by Crippen LogP contribution is 2.26. The number of allylic oxidation sites excluding steroid dienone is 9. The van der Waals surface area contributed by atoms with Gasteiger partial charge in [-0.05, 0) is 77.8 Å². The van der Waals surface area contributed by atoms with Crippen LogP contribution in [-0.2, 0) is 0 Å². The quantitative estimate of drug-likeness (QED) is 0.661. The molecule has 1 heterocycles. The summed E-state index contributed by atoms with van der Waals surface area (Å²) < 4.78 is 32.6. The Hall–Kier alpha value is -3.36. The molecule has 0 aromatic heterocycles. The summed E-state index contributed by atoms with van der Waals surface area (Å²) in [5.74, 6) is 0.230. The van der Waals surface area contributed by atoms with Crippen LogP contribution >= 0.6 is 0 Å². The van der Waals surface area contributed by atoms with E-state index in [9.17, 15) is 8.78 Å². The summed E-state index contributed by atoms with van der Waals surface area (Å²) in [7, 11) is 0. The van der Waals surface area contributed by atoms with Crippen LogP contribution in [-0.4, -0.2) is 12.6 Å². The van der Waals surface area contributed by atoms with E-state index in [-0.39, 0.29) is 17.7 Å². The van der Waals surface area contributed by atoms with E-state index in [1.54, 1.807) is 19.1 Å². The Balaban J connectivity index is 1.52. The van der Waals surface area contributed by atoms with Gasteiger partial charge < -0.3 is 10.1 Å². The van der Waals surface area contributed by atoms with Gasteiger partial charge in [0.05, 0.1) is 6.04 Å². The molecule has 2 nitrogen and oxygen atoms in total. The predicted octanol–water partition coefficient (Wildman–Crippen LogP) is 5.77. The molecule has 0 spiro atoms. The fraction of sp³-hybridized carbons (Fsp3) is 0.160. The third-order valence-corrected chi connectivity index (χ3v) is 4.93. The lowest BCUT2D eigenvalue weighted by Gasteiger charge is -2.12. The highest BCUT2D eigenvalue weighted by molar-refractivity contribution is 5.54. The Morgan fingerprint density at radius 2 is 1.93 bits per heavy atom. The first kappa shape index (κ1) is 19.0. The van der Waals surface area contributed by atoms with E-state index in [1.165, 1.54) is 12.1 Å². The van der Waals surface area contributed by atoms with Gasteiger partial charge in [-0.1, -0.05) is 24.3 Å². The van der Waals surface area contributed by atoms with Gasteiger partial charge >= 0.3 is 0 Å². The molecule has 29 heavy (non-hydrogen) atoms.